The maximum atomic E-state index is 15.3. The van der Waals surface area contributed by atoms with Crippen LogP contribution in [0.15, 0.2) is 71.8 Å². The first-order valence-electron chi connectivity index (χ1n) is 23.5. The normalized spacial score (nSPS) is 34.4. The van der Waals surface area contributed by atoms with Crippen LogP contribution >= 0.6 is 0 Å². The second kappa shape index (κ2) is 17.3. The van der Waals surface area contributed by atoms with Gasteiger partial charge in [-0.25, -0.2) is 4.79 Å². The van der Waals surface area contributed by atoms with Gasteiger partial charge in [0.15, 0.2) is 22.7 Å². The van der Waals surface area contributed by atoms with Gasteiger partial charge in [-0.1, -0.05) is 137 Å². The van der Waals surface area contributed by atoms with Crippen LogP contribution in [0.1, 0.15) is 125 Å². The Kier molecular flexibility index (Phi) is 13.6. The highest BCUT2D eigenvalue weighted by Gasteiger charge is 2.73. The van der Waals surface area contributed by atoms with Crippen molar-refractivity contribution in [3.05, 3.63) is 82.9 Å². The number of nitrogens with one attached hydrogen (secondary N) is 1. The van der Waals surface area contributed by atoms with Crippen LogP contribution in [0.2, 0.25) is 36.3 Å². The molecule has 11 heteroatoms. The van der Waals surface area contributed by atoms with E-state index in [1.807, 2.05) is 55.5 Å². The first kappa shape index (κ1) is 48.8. The average molecular weight is 890 g/mol. The number of ether oxygens (including phenoxy) is 2. The van der Waals surface area contributed by atoms with Crippen molar-refractivity contribution in [3.8, 4) is 0 Å². The standard InChI is InChI=1S/C51H79NO8Si2/c1-16-62(17-2,18-3)59-39-29-38-49(12,31-57-38)43-34(6)51(56)30-37(32(4)40(48(51,10)11)33(5)44(53)50(39,43)13)58-46(55)42(60-61(14,15)47(7,8)9)41(35-25-21-19-22-26-35)52-45(54)36-27-23-20-24-28-36/h19-28,33-34,37-39,41-44,53,56H,16-18,29-31H2,1-15H3,(H,52,54)/t33-,34-,37-,38+,39?,41-,42+,43+,44-,49+,50+,51+/m0/s1. The van der Waals surface area contributed by atoms with Gasteiger partial charge in [0.1, 0.15) is 6.10 Å². The molecule has 6 rings (SSSR count). The zero-order chi connectivity index (χ0) is 46.0. The highest BCUT2D eigenvalue weighted by atomic mass is 28.4. The van der Waals surface area contributed by atoms with E-state index in [-0.39, 0.29) is 46.8 Å². The quantitative estimate of drug-likeness (QED) is 0.103. The van der Waals surface area contributed by atoms with Crippen LogP contribution < -0.4 is 5.32 Å². The molecule has 9 nitrogen and oxygen atoms in total. The van der Waals surface area contributed by atoms with E-state index < -0.39 is 69.3 Å². The summed E-state index contributed by atoms with van der Waals surface area (Å²) in [5.41, 5.74) is -0.210. The number of aliphatic hydroxyl groups is 2. The van der Waals surface area contributed by atoms with E-state index in [4.69, 9.17) is 18.3 Å². The molecule has 62 heavy (non-hydrogen) atoms. The van der Waals surface area contributed by atoms with E-state index in [9.17, 15) is 15.0 Å². The summed E-state index contributed by atoms with van der Waals surface area (Å²) in [4.78, 5) is 29.3. The fraction of sp³-hybridized carbons (Fsp3) is 0.686. The Morgan fingerprint density at radius 2 is 1.50 bits per heavy atom. The van der Waals surface area contributed by atoms with Crippen molar-refractivity contribution in [1.82, 2.24) is 5.32 Å². The number of fused-ring (bicyclic) bond motifs is 5. The minimum Gasteiger partial charge on any atom is -0.456 e. The molecule has 1 amide bonds. The zero-order valence-corrected chi connectivity index (χ0v) is 42.6. The number of hydrogen-bond donors (Lipinski definition) is 3. The lowest BCUT2D eigenvalue weighted by Crippen LogP contribution is -2.76. The maximum absolute atomic E-state index is 15.3. The summed E-state index contributed by atoms with van der Waals surface area (Å²) >= 11 is 0. The van der Waals surface area contributed by atoms with E-state index in [0.717, 1.165) is 29.3 Å². The largest absolute Gasteiger partial charge is 0.456 e. The molecule has 2 aromatic rings. The minimum absolute atomic E-state index is 0.0536. The second-order valence-corrected chi connectivity index (χ2v) is 31.5. The van der Waals surface area contributed by atoms with Crippen LogP contribution in [0.5, 0.6) is 0 Å². The predicted molar refractivity (Wildman–Crippen MR) is 252 cm³/mol. The summed E-state index contributed by atoms with van der Waals surface area (Å²) in [6.45, 7) is 32.9. The Balaban J connectivity index is 1.47. The van der Waals surface area contributed by atoms with Gasteiger partial charge in [-0.05, 0) is 84.7 Å². The lowest BCUT2D eigenvalue weighted by atomic mass is 9.39. The number of carbonyl (C=O) groups excluding carboxylic acids is 2. The fourth-order valence-corrected chi connectivity index (χ4v) is 16.7. The van der Waals surface area contributed by atoms with Gasteiger partial charge < -0.3 is 33.9 Å². The fourth-order valence-electron chi connectivity index (χ4n) is 12.5. The summed E-state index contributed by atoms with van der Waals surface area (Å²) in [5, 5.41) is 29.9. The molecule has 0 radical (unpaired) electrons. The molecule has 1 unspecified atom stereocenters. The van der Waals surface area contributed by atoms with Crippen LogP contribution in [0, 0.1) is 34.0 Å². The number of carbonyl (C=O) groups is 2. The number of rotatable bonds is 13. The summed E-state index contributed by atoms with van der Waals surface area (Å²) in [5.74, 6) is -1.85. The van der Waals surface area contributed by atoms with E-state index in [1.54, 1.807) is 12.1 Å². The van der Waals surface area contributed by atoms with Gasteiger partial charge in [-0.2, -0.15) is 0 Å². The molecule has 2 bridgehead atoms. The third kappa shape index (κ3) is 7.95. The van der Waals surface area contributed by atoms with Crippen LogP contribution in [0.4, 0.5) is 0 Å². The summed E-state index contributed by atoms with van der Waals surface area (Å²) < 4.78 is 27.7. The van der Waals surface area contributed by atoms with Crippen molar-refractivity contribution < 1.29 is 38.1 Å². The first-order valence-corrected chi connectivity index (χ1v) is 28.9. The van der Waals surface area contributed by atoms with Crippen molar-refractivity contribution in [2.45, 2.75) is 181 Å². The van der Waals surface area contributed by atoms with E-state index in [2.05, 4.69) is 101 Å². The van der Waals surface area contributed by atoms with E-state index in [0.29, 0.717) is 24.2 Å². The van der Waals surface area contributed by atoms with E-state index >= 15 is 4.79 Å². The first-order chi connectivity index (χ1) is 28.8. The zero-order valence-electron chi connectivity index (χ0n) is 40.6. The Labute approximate surface area is 375 Å². The molecule has 1 aliphatic heterocycles. The lowest BCUT2D eigenvalue weighted by molar-refractivity contribution is -0.323. The average Bonchev–Trinajstić information content (AvgIpc) is 3.22. The van der Waals surface area contributed by atoms with Crippen molar-refractivity contribution in [2.24, 2.45) is 34.0 Å². The third-order valence-corrected chi connectivity index (χ3v) is 26.7. The summed E-state index contributed by atoms with van der Waals surface area (Å²) in [6, 6.07) is 20.6. The van der Waals surface area contributed by atoms with Crippen LogP contribution in [-0.4, -0.2) is 81.5 Å². The Morgan fingerprint density at radius 1 is 0.935 bits per heavy atom. The van der Waals surface area contributed by atoms with Crippen molar-refractivity contribution >= 4 is 28.5 Å². The van der Waals surface area contributed by atoms with Gasteiger partial charge >= 0.3 is 5.97 Å². The topological polar surface area (TPSA) is 124 Å². The van der Waals surface area contributed by atoms with Crippen molar-refractivity contribution in [3.63, 3.8) is 0 Å². The molecule has 4 aliphatic rings. The highest BCUT2D eigenvalue weighted by molar-refractivity contribution is 6.74. The van der Waals surface area contributed by atoms with Gasteiger partial charge in [-0.3, -0.25) is 4.79 Å². The second-order valence-electron chi connectivity index (χ2n) is 22.1. The number of aliphatic hydroxyl groups excluding tert-OH is 1. The Bertz CT molecular complexity index is 1950. The predicted octanol–water partition coefficient (Wildman–Crippen LogP) is 10.4. The Hall–Kier alpha value is -2.65. The van der Waals surface area contributed by atoms with Crippen molar-refractivity contribution in [2.75, 3.05) is 6.61 Å². The van der Waals surface area contributed by atoms with Gasteiger partial charge in [0.25, 0.3) is 5.91 Å². The number of hydrogen-bond acceptors (Lipinski definition) is 8. The van der Waals surface area contributed by atoms with Gasteiger partial charge in [0.05, 0.1) is 36.6 Å². The molecule has 2 aromatic carbocycles. The van der Waals surface area contributed by atoms with Gasteiger partial charge in [0.2, 0.25) is 0 Å². The monoisotopic (exact) mass is 890 g/mol. The molecule has 3 N–H and O–H groups in total. The highest BCUT2D eigenvalue weighted by Crippen LogP contribution is 2.69. The summed E-state index contributed by atoms with van der Waals surface area (Å²) in [7, 11) is -4.83. The molecule has 1 saturated heterocycles. The van der Waals surface area contributed by atoms with Crippen molar-refractivity contribution in [1.29, 1.82) is 0 Å². The Morgan fingerprint density at radius 3 is 2.02 bits per heavy atom. The molecular weight excluding hydrogens is 811 g/mol. The number of benzene rings is 2. The molecule has 3 aliphatic carbocycles. The molecule has 1 heterocycles. The molecule has 0 spiro atoms. The van der Waals surface area contributed by atoms with Gasteiger partial charge in [0, 0.05) is 34.1 Å². The number of esters is 1. The molecule has 3 fully saturated rings. The molecule has 2 saturated carbocycles. The minimum atomic E-state index is -2.69. The molecule has 344 valence electrons. The van der Waals surface area contributed by atoms with Crippen LogP contribution in [0.25, 0.3) is 0 Å². The number of amides is 1. The smallest absolute Gasteiger partial charge is 0.337 e. The third-order valence-electron chi connectivity index (χ3n) is 17.6. The molecule has 0 aromatic heterocycles. The molecular formula is C51H79NO8Si2. The van der Waals surface area contributed by atoms with E-state index in [1.165, 1.54) is 0 Å². The maximum Gasteiger partial charge on any atom is 0.337 e. The summed E-state index contributed by atoms with van der Waals surface area (Å²) in [6.07, 6.45) is -2.25. The van der Waals surface area contributed by atoms with Crippen LogP contribution in [0.3, 0.4) is 0 Å². The SMILES string of the molecule is CC[Si](CC)(CC)OC1C[C@H]2OC[C@@]2(C)[C@H]2[C@H](C)[C@]3(O)C[C@H](OC(=O)[C@H](O[Si](C)(C)C(C)(C)C)[C@@H](NC(=O)c4ccccc4)c4ccccc4)C(C)=C([C@H](C)[C@H](O)[C@]12C)C3(C)C. The lowest BCUT2D eigenvalue weighted by Gasteiger charge is -2.71. The van der Waals surface area contributed by atoms with Gasteiger partial charge in [-0.15, -0.1) is 0 Å². The molecule has 12 atom stereocenters. The van der Waals surface area contributed by atoms with Crippen LogP contribution in [-0.2, 0) is 23.1 Å².